The highest BCUT2D eigenvalue weighted by Crippen LogP contribution is 2.22. The first kappa shape index (κ1) is 11.9. The quantitative estimate of drug-likeness (QED) is 0.912. The lowest BCUT2D eigenvalue weighted by molar-refractivity contribution is 0.620. The van der Waals surface area contributed by atoms with Crippen LogP contribution in [0.4, 0.5) is 10.1 Å². The summed E-state index contributed by atoms with van der Waals surface area (Å²) in [7, 11) is 0. The second kappa shape index (κ2) is 5.14. The molecule has 2 rings (SSSR count). The summed E-state index contributed by atoms with van der Waals surface area (Å²) in [6.45, 7) is 3.18. The maximum absolute atomic E-state index is 13.0. The molecule has 0 atom stereocenters. The number of benzene rings is 1. The molecular weight excluding hydrogens is 243 g/mol. The Morgan fingerprint density at radius 3 is 3.06 bits per heavy atom. The first-order valence-corrected chi connectivity index (χ1v) is 5.64. The topological polar surface area (TPSA) is 42.7 Å². The van der Waals surface area contributed by atoms with Crippen LogP contribution < -0.4 is 5.32 Å². The zero-order chi connectivity index (χ0) is 12.3. The van der Waals surface area contributed by atoms with Crippen molar-refractivity contribution < 1.29 is 4.39 Å². The number of nitrogens with zero attached hydrogens (tertiary/aromatic N) is 3. The Labute approximate surface area is 103 Å². The van der Waals surface area contributed by atoms with Gasteiger partial charge < -0.3 is 5.32 Å². The number of aromatic nitrogens is 3. The summed E-state index contributed by atoms with van der Waals surface area (Å²) in [5.74, 6) is 0.460. The van der Waals surface area contributed by atoms with Crippen molar-refractivity contribution in [1.29, 1.82) is 0 Å². The molecule has 0 amide bonds. The van der Waals surface area contributed by atoms with Crippen molar-refractivity contribution in [2.45, 2.75) is 20.0 Å². The number of nitrogens with one attached hydrogen (secondary N) is 1. The molecular formula is C11H12ClFN4. The summed E-state index contributed by atoms with van der Waals surface area (Å²) < 4.78 is 14.8. The van der Waals surface area contributed by atoms with Gasteiger partial charge in [0, 0.05) is 6.54 Å². The Balaban J connectivity index is 2.09. The first-order valence-electron chi connectivity index (χ1n) is 5.26. The largest absolute Gasteiger partial charge is 0.376 e. The van der Waals surface area contributed by atoms with Gasteiger partial charge in [-0.1, -0.05) is 11.6 Å². The number of hydrogen-bond donors (Lipinski definition) is 1. The van der Waals surface area contributed by atoms with E-state index in [-0.39, 0.29) is 5.82 Å². The molecule has 0 radical (unpaired) electrons. The van der Waals surface area contributed by atoms with Gasteiger partial charge in [0.1, 0.15) is 18.0 Å². The summed E-state index contributed by atoms with van der Waals surface area (Å²) in [6, 6.07) is 4.20. The second-order valence-electron chi connectivity index (χ2n) is 3.47. The van der Waals surface area contributed by atoms with Crippen molar-refractivity contribution in [3.05, 3.63) is 41.2 Å². The minimum absolute atomic E-state index is 0.325. The van der Waals surface area contributed by atoms with Crippen molar-refractivity contribution in [3.8, 4) is 0 Å². The third-order valence-corrected chi connectivity index (χ3v) is 2.69. The van der Waals surface area contributed by atoms with E-state index in [9.17, 15) is 4.39 Å². The molecule has 0 unspecified atom stereocenters. The Morgan fingerprint density at radius 1 is 1.47 bits per heavy atom. The summed E-state index contributed by atoms with van der Waals surface area (Å²) in [5.41, 5.74) is 0.553. The highest BCUT2D eigenvalue weighted by molar-refractivity contribution is 6.33. The summed E-state index contributed by atoms with van der Waals surface area (Å²) in [4.78, 5) is 4.11. The molecule has 90 valence electrons. The molecule has 17 heavy (non-hydrogen) atoms. The van der Waals surface area contributed by atoms with Gasteiger partial charge in [0.15, 0.2) is 0 Å². The molecule has 0 aliphatic rings. The van der Waals surface area contributed by atoms with Crippen LogP contribution in [0.3, 0.4) is 0 Å². The van der Waals surface area contributed by atoms with Gasteiger partial charge >= 0.3 is 0 Å². The maximum Gasteiger partial charge on any atom is 0.146 e. The minimum atomic E-state index is -0.325. The third-order valence-electron chi connectivity index (χ3n) is 2.36. The fourth-order valence-corrected chi connectivity index (χ4v) is 1.68. The van der Waals surface area contributed by atoms with Gasteiger partial charge in [0.2, 0.25) is 0 Å². The lowest BCUT2D eigenvalue weighted by atomic mass is 10.3. The number of halogens is 2. The van der Waals surface area contributed by atoms with Crippen molar-refractivity contribution in [1.82, 2.24) is 14.8 Å². The Kier molecular flexibility index (Phi) is 3.58. The molecule has 0 bridgehead atoms. The standard InChI is InChI=1S/C11H12ClFN4/c1-2-17-11(15-7-16-17)6-14-10-5-8(13)3-4-9(10)12/h3-5,7,14H,2,6H2,1H3. The van der Waals surface area contributed by atoms with Crippen LogP contribution in [-0.2, 0) is 13.1 Å². The average Bonchev–Trinajstić information content (AvgIpc) is 2.77. The summed E-state index contributed by atoms with van der Waals surface area (Å²) >= 11 is 5.94. The van der Waals surface area contributed by atoms with Gasteiger partial charge in [-0.05, 0) is 25.1 Å². The highest BCUT2D eigenvalue weighted by atomic mass is 35.5. The number of aryl methyl sites for hydroxylation is 1. The van der Waals surface area contributed by atoms with Gasteiger partial charge in [-0.15, -0.1) is 0 Å². The molecule has 1 N–H and O–H groups in total. The molecule has 1 heterocycles. The van der Waals surface area contributed by atoms with Crippen LogP contribution in [0.25, 0.3) is 0 Å². The Hall–Kier alpha value is -1.62. The molecule has 4 nitrogen and oxygen atoms in total. The summed E-state index contributed by atoms with van der Waals surface area (Å²) in [6.07, 6.45) is 1.49. The second-order valence-corrected chi connectivity index (χ2v) is 3.88. The van der Waals surface area contributed by atoms with E-state index in [0.717, 1.165) is 12.4 Å². The first-order chi connectivity index (χ1) is 8.20. The van der Waals surface area contributed by atoms with Crippen LogP contribution in [0.15, 0.2) is 24.5 Å². The number of hydrogen-bond acceptors (Lipinski definition) is 3. The van der Waals surface area contributed by atoms with Gasteiger partial charge in [0.05, 0.1) is 17.3 Å². The molecule has 0 saturated carbocycles. The predicted octanol–water partition coefficient (Wildman–Crippen LogP) is 2.70. The van der Waals surface area contributed by atoms with Crippen molar-refractivity contribution in [2.24, 2.45) is 0 Å². The highest BCUT2D eigenvalue weighted by Gasteiger charge is 2.05. The fourth-order valence-electron chi connectivity index (χ4n) is 1.50. The molecule has 1 aromatic heterocycles. The molecule has 0 aliphatic carbocycles. The molecule has 0 spiro atoms. The van der Waals surface area contributed by atoms with Crippen LogP contribution >= 0.6 is 11.6 Å². The van der Waals surface area contributed by atoms with Gasteiger partial charge in [-0.2, -0.15) is 5.10 Å². The normalized spacial score (nSPS) is 10.5. The minimum Gasteiger partial charge on any atom is -0.376 e. The lowest BCUT2D eigenvalue weighted by Gasteiger charge is -2.08. The van der Waals surface area contributed by atoms with E-state index < -0.39 is 0 Å². The van der Waals surface area contributed by atoms with E-state index in [1.165, 1.54) is 24.5 Å². The van der Waals surface area contributed by atoms with Crippen molar-refractivity contribution in [3.63, 3.8) is 0 Å². The van der Waals surface area contributed by atoms with E-state index in [0.29, 0.717) is 17.3 Å². The predicted molar refractivity (Wildman–Crippen MR) is 64.4 cm³/mol. The zero-order valence-corrected chi connectivity index (χ0v) is 10.1. The molecule has 1 aromatic carbocycles. The number of anilines is 1. The van der Waals surface area contributed by atoms with Gasteiger partial charge in [0.25, 0.3) is 0 Å². The van der Waals surface area contributed by atoms with Crippen LogP contribution in [0.2, 0.25) is 5.02 Å². The van der Waals surface area contributed by atoms with E-state index >= 15 is 0 Å². The third kappa shape index (κ3) is 2.74. The Bertz CT molecular complexity index is 512. The van der Waals surface area contributed by atoms with E-state index in [1.54, 1.807) is 4.68 Å². The molecule has 0 aliphatic heterocycles. The average molecular weight is 255 g/mol. The van der Waals surface area contributed by atoms with Crippen LogP contribution in [0, 0.1) is 5.82 Å². The van der Waals surface area contributed by atoms with Gasteiger partial charge in [-0.3, -0.25) is 0 Å². The smallest absolute Gasteiger partial charge is 0.146 e. The monoisotopic (exact) mass is 254 g/mol. The Morgan fingerprint density at radius 2 is 2.29 bits per heavy atom. The summed E-state index contributed by atoms with van der Waals surface area (Å²) in [5, 5.41) is 7.56. The maximum atomic E-state index is 13.0. The molecule has 2 aromatic rings. The van der Waals surface area contributed by atoms with Crippen LogP contribution in [-0.4, -0.2) is 14.8 Å². The van der Waals surface area contributed by atoms with E-state index in [1.807, 2.05) is 6.92 Å². The zero-order valence-electron chi connectivity index (χ0n) is 9.32. The fraction of sp³-hybridized carbons (Fsp3) is 0.273. The van der Waals surface area contributed by atoms with Crippen LogP contribution in [0.1, 0.15) is 12.7 Å². The van der Waals surface area contributed by atoms with E-state index in [4.69, 9.17) is 11.6 Å². The molecule has 0 fully saturated rings. The molecule has 6 heteroatoms. The van der Waals surface area contributed by atoms with Crippen molar-refractivity contribution in [2.75, 3.05) is 5.32 Å². The van der Waals surface area contributed by atoms with E-state index in [2.05, 4.69) is 15.4 Å². The van der Waals surface area contributed by atoms with Crippen LogP contribution in [0.5, 0.6) is 0 Å². The molecule has 0 saturated heterocycles. The van der Waals surface area contributed by atoms with Crippen molar-refractivity contribution >= 4 is 17.3 Å². The lowest BCUT2D eigenvalue weighted by Crippen LogP contribution is -2.09. The van der Waals surface area contributed by atoms with Gasteiger partial charge in [-0.25, -0.2) is 14.1 Å². The number of rotatable bonds is 4. The SMILES string of the molecule is CCn1ncnc1CNc1cc(F)ccc1Cl.